The second-order valence-electron chi connectivity index (χ2n) is 6.04. The number of rotatable bonds is 4. The third kappa shape index (κ3) is 4.24. The summed E-state index contributed by atoms with van der Waals surface area (Å²) in [5, 5.41) is 2.66. The molecule has 1 N–H and O–H groups in total. The molecule has 2 aromatic rings. The summed E-state index contributed by atoms with van der Waals surface area (Å²) in [7, 11) is 0. The molecule has 0 radical (unpaired) electrons. The van der Waals surface area contributed by atoms with Gasteiger partial charge in [-0.3, -0.25) is 9.59 Å². The van der Waals surface area contributed by atoms with Gasteiger partial charge < -0.3 is 19.4 Å². The quantitative estimate of drug-likeness (QED) is 0.882. The Morgan fingerprint density at radius 2 is 1.93 bits per heavy atom. The zero-order valence-corrected chi connectivity index (χ0v) is 14.4. The molecule has 0 saturated heterocycles. The minimum atomic E-state index is -4.77. The van der Waals surface area contributed by atoms with Gasteiger partial charge >= 0.3 is 6.18 Å². The second-order valence-corrected chi connectivity index (χ2v) is 6.04. The molecule has 1 aromatic carbocycles. The highest BCUT2D eigenvalue weighted by atomic mass is 19.4. The molecule has 3 rings (SSSR count). The largest absolute Gasteiger partial charge is 0.486 e. The predicted molar refractivity (Wildman–Crippen MR) is 89.7 cm³/mol. The molecule has 1 atom stereocenters. The number of pyridine rings is 1. The normalized spacial score (nSPS) is 14.5. The number of nitrogens with one attached hydrogen (secondary N) is 1. The van der Waals surface area contributed by atoms with Crippen molar-refractivity contribution in [1.82, 2.24) is 9.88 Å². The van der Waals surface area contributed by atoms with Crippen molar-refractivity contribution in [2.45, 2.75) is 25.7 Å². The van der Waals surface area contributed by atoms with E-state index in [1.807, 2.05) is 0 Å². The lowest BCUT2D eigenvalue weighted by Crippen LogP contribution is -2.35. The number of benzene rings is 1. The molecule has 2 heterocycles. The number of fused-ring (bicyclic) bond motifs is 1. The first-order valence-corrected chi connectivity index (χ1v) is 8.21. The number of halogens is 3. The van der Waals surface area contributed by atoms with Gasteiger partial charge in [0.2, 0.25) is 5.91 Å². The van der Waals surface area contributed by atoms with Crippen LogP contribution in [-0.4, -0.2) is 23.7 Å². The van der Waals surface area contributed by atoms with Crippen molar-refractivity contribution in [3.8, 4) is 11.5 Å². The molecule has 1 unspecified atom stereocenters. The topological polar surface area (TPSA) is 69.6 Å². The van der Waals surface area contributed by atoms with Crippen molar-refractivity contribution < 1.29 is 27.4 Å². The van der Waals surface area contributed by atoms with Crippen LogP contribution in [0.25, 0.3) is 0 Å². The highest BCUT2D eigenvalue weighted by Crippen LogP contribution is 2.32. The molecule has 1 aliphatic rings. The Bertz CT molecular complexity index is 908. The van der Waals surface area contributed by atoms with Crippen LogP contribution in [-0.2, 0) is 17.5 Å². The average Bonchev–Trinajstić information content (AvgIpc) is 2.62. The highest BCUT2D eigenvalue weighted by molar-refractivity contribution is 5.76. The maximum Gasteiger partial charge on any atom is 0.421 e. The van der Waals surface area contributed by atoms with E-state index in [0.717, 1.165) is 22.4 Å². The monoisotopic (exact) mass is 382 g/mol. The van der Waals surface area contributed by atoms with Crippen LogP contribution in [0.3, 0.4) is 0 Å². The highest BCUT2D eigenvalue weighted by Gasteiger charge is 2.34. The van der Waals surface area contributed by atoms with Crippen molar-refractivity contribution in [3.63, 3.8) is 0 Å². The van der Waals surface area contributed by atoms with Crippen molar-refractivity contribution in [2.24, 2.45) is 0 Å². The Kier molecular flexibility index (Phi) is 5.11. The number of hydrogen-bond acceptors (Lipinski definition) is 4. The van der Waals surface area contributed by atoms with E-state index in [-0.39, 0.29) is 0 Å². The van der Waals surface area contributed by atoms with Crippen LogP contribution >= 0.6 is 0 Å². The summed E-state index contributed by atoms with van der Waals surface area (Å²) in [6.07, 6.45) is -3.62. The fourth-order valence-electron chi connectivity index (χ4n) is 2.73. The molecule has 1 aliphatic heterocycles. The first kappa shape index (κ1) is 18.8. The Balaban J connectivity index is 1.70. The summed E-state index contributed by atoms with van der Waals surface area (Å²) in [4.78, 5) is 24.1. The molecule has 6 nitrogen and oxygen atoms in total. The van der Waals surface area contributed by atoms with Gasteiger partial charge in [-0.05, 0) is 36.8 Å². The lowest BCUT2D eigenvalue weighted by molar-refractivity contribution is -0.139. The van der Waals surface area contributed by atoms with Crippen LogP contribution in [0.2, 0.25) is 0 Å². The molecular weight excluding hydrogens is 365 g/mol. The zero-order chi connectivity index (χ0) is 19.6. The molecule has 0 bridgehead atoms. The van der Waals surface area contributed by atoms with Crippen LogP contribution < -0.4 is 20.3 Å². The average molecular weight is 382 g/mol. The van der Waals surface area contributed by atoms with Gasteiger partial charge in [0.25, 0.3) is 5.56 Å². The Morgan fingerprint density at radius 1 is 1.22 bits per heavy atom. The van der Waals surface area contributed by atoms with Crippen LogP contribution in [0, 0.1) is 0 Å². The number of hydrogen-bond donors (Lipinski definition) is 1. The number of nitrogens with zero attached hydrogens (tertiary/aromatic N) is 1. The predicted octanol–water partition coefficient (Wildman–Crippen LogP) is 2.52. The minimum absolute atomic E-state index is 0.426. The zero-order valence-electron chi connectivity index (χ0n) is 14.4. The van der Waals surface area contributed by atoms with E-state index < -0.39 is 35.8 Å². The molecule has 0 fully saturated rings. The first-order valence-electron chi connectivity index (χ1n) is 8.21. The van der Waals surface area contributed by atoms with Gasteiger partial charge in [0.1, 0.15) is 25.3 Å². The Morgan fingerprint density at radius 3 is 2.63 bits per heavy atom. The first-order chi connectivity index (χ1) is 12.8. The van der Waals surface area contributed by atoms with Gasteiger partial charge in [0, 0.05) is 6.20 Å². The van der Waals surface area contributed by atoms with Crippen LogP contribution in [0.15, 0.2) is 41.3 Å². The fraction of sp³-hybridized carbons (Fsp3) is 0.333. The summed E-state index contributed by atoms with van der Waals surface area (Å²) in [6.45, 7) is 2.09. The minimum Gasteiger partial charge on any atom is -0.486 e. The van der Waals surface area contributed by atoms with E-state index in [2.05, 4.69) is 5.32 Å². The van der Waals surface area contributed by atoms with E-state index in [1.165, 1.54) is 0 Å². The molecule has 1 aromatic heterocycles. The Labute approximate surface area is 152 Å². The summed E-state index contributed by atoms with van der Waals surface area (Å²) >= 11 is 0. The van der Waals surface area contributed by atoms with Gasteiger partial charge in [-0.2, -0.15) is 13.2 Å². The SMILES string of the molecule is CC(NC(=O)Cn1cccc(C(F)(F)F)c1=O)c1ccc2c(c1)OCCO2. The number of alkyl halides is 3. The molecular formula is C18H17F3N2O4. The molecule has 27 heavy (non-hydrogen) atoms. The van der Waals surface area contributed by atoms with E-state index in [1.54, 1.807) is 25.1 Å². The summed E-state index contributed by atoms with van der Waals surface area (Å²) in [6, 6.07) is 6.56. The number of aromatic nitrogens is 1. The maximum absolute atomic E-state index is 12.8. The van der Waals surface area contributed by atoms with Gasteiger partial charge in [-0.1, -0.05) is 6.07 Å². The standard InChI is InChI=1S/C18H17F3N2O4/c1-11(12-4-5-14-15(9-12)27-8-7-26-14)22-16(24)10-23-6-2-3-13(17(23)25)18(19,20)21/h2-6,9,11H,7-8,10H2,1H3,(H,22,24). The second kappa shape index (κ2) is 7.34. The van der Waals surface area contributed by atoms with E-state index in [0.29, 0.717) is 30.8 Å². The van der Waals surface area contributed by atoms with Crippen LogP contribution in [0.4, 0.5) is 13.2 Å². The third-order valence-corrected chi connectivity index (χ3v) is 4.08. The summed E-state index contributed by atoms with van der Waals surface area (Å²) in [5.41, 5.74) is -1.83. The van der Waals surface area contributed by atoms with Gasteiger partial charge in [0.15, 0.2) is 11.5 Å². The molecule has 0 aliphatic carbocycles. The van der Waals surface area contributed by atoms with Crippen molar-refractivity contribution in [1.29, 1.82) is 0 Å². The number of amides is 1. The lowest BCUT2D eigenvalue weighted by Gasteiger charge is -2.21. The molecule has 0 saturated carbocycles. The van der Waals surface area contributed by atoms with E-state index >= 15 is 0 Å². The molecule has 0 spiro atoms. The van der Waals surface area contributed by atoms with Crippen molar-refractivity contribution in [2.75, 3.05) is 13.2 Å². The molecule has 144 valence electrons. The molecule has 9 heteroatoms. The third-order valence-electron chi connectivity index (χ3n) is 4.08. The smallest absolute Gasteiger partial charge is 0.421 e. The fourth-order valence-corrected chi connectivity index (χ4v) is 2.73. The maximum atomic E-state index is 12.8. The van der Waals surface area contributed by atoms with Gasteiger partial charge in [0.05, 0.1) is 6.04 Å². The van der Waals surface area contributed by atoms with Crippen LogP contribution in [0.1, 0.15) is 24.1 Å². The summed E-state index contributed by atoms with van der Waals surface area (Å²) in [5.74, 6) is 0.590. The van der Waals surface area contributed by atoms with Crippen molar-refractivity contribution in [3.05, 3.63) is 58.0 Å². The van der Waals surface area contributed by atoms with Gasteiger partial charge in [-0.25, -0.2) is 0 Å². The molecule has 1 amide bonds. The number of ether oxygens (including phenoxy) is 2. The summed E-state index contributed by atoms with van der Waals surface area (Å²) < 4.78 is 50.0. The number of carbonyl (C=O) groups excluding carboxylic acids is 1. The number of carbonyl (C=O) groups is 1. The van der Waals surface area contributed by atoms with E-state index in [9.17, 15) is 22.8 Å². The van der Waals surface area contributed by atoms with Crippen molar-refractivity contribution >= 4 is 5.91 Å². The van der Waals surface area contributed by atoms with E-state index in [4.69, 9.17) is 9.47 Å². The van der Waals surface area contributed by atoms with Crippen LogP contribution in [0.5, 0.6) is 11.5 Å². The van der Waals surface area contributed by atoms with Gasteiger partial charge in [-0.15, -0.1) is 0 Å². The lowest BCUT2D eigenvalue weighted by atomic mass is 10.1. The Hall–Kier alpha value is -2.97.